The monoisotopic (exact) mass is 497 g/mol. The number of benzene rings is 3. The van der Waals surface area contributed by atoms with E-state index in [1.807, 2.05) is 31.3 Å². The first-order chi connectivity index (χ1) is 16.7. The number of carbonyl (C=O) groups excluding carboxylic acids is 1. The molecule has 4 nitrogen and oxygen atoms in total. The predicted octanol–water partition coefficient (Wildman–Crippen LogP) is 5.97. The molecule has 4 rings (SSSR count). The molecule has 2 atom stereocenters. The quantitative estimate of drug-likeness (QED) is 0.436. The molecule has 1 amide bonds. The van der Waals surface area contributed by atoms with E-state index in [4.69, 9.17) is 16.9 Å². The van der Waals surface area contributed by atoms with Gasteiger partial charge in [0.15, 0.2) is 0 Å². The number of likely N-dealkylation sites (N-methyl/N-ethyl adjacent to an activating group) is 1. The molecule has 0 spiro atoms. The Morgan fingerprint density at radius 2 is 1.77 bits per heavy atom. The first-order valence-corrected chi connectivity index (χ1v) is 11.4. The Morgan fingerprint density at radius 1 is 1.09 bits per heavy atom. The van der Waals surface area contributed by atoms with E-state index in [0.717, 1.165) is 23.3 Å². The average Bonchev–Trinajstić information content (AvgIpc) is 3.29. The van der Waals surface area contributed by atoms with Crippen molar-refractivity contribution < 1.29 is 18.0 Å². The molecular weight excluding hydrogens is 475 g/mol. The molecule has 2 unspecified atom stereocenters. The number of hydrogen-bond donors (Lipinski definition) is 0. The lowest BCUT2D eigenvalue weighted by molar-refractivity contribution is -0.137. The van der Waals surface area contributed by atoms with Gasteiger partial charge in [-0.05, 0) is 66.7 Å². The zero-order valence-corrected chi connectivity index (χ0v) is 19.7. The summed E-state index contributed by atoms with van der Waals surface area (Å²) in [7, 11) is 1.91. The van der Waals surface area contributed by atoms with E-state index in [-0.39, 0.29) is 17.9 Å². The molecule has 35 heavy (non-hydrogen) atoms. The van der Waals surface area contributed by atoms with Gasteiger partial charge in [-0.1, -0.05) is 35.9 Å². The fourth-order valence-corrected chi connectivity index (χ4v) is 4.74. The molecule has 1 heterocycles. The van der Waals surface area contributed by atoms with Crippen LogP contribution in [0.2, 0.25) is 5.02 Å². The average molecular weight is 498 g/mol. The van der Waals surface area contributed by atoms with Gasteiger partial charge in [-0.2, -0.15) is 18.4 Å². The van der Waals surface area contributed by atoms with E-state index in [0.29, 0.717) is 35.8 Å². The van der Waals surface area contributed by atoms with Crippen LogP contribution in [0.1, 0.15) is 38.5 Å². The van der Waals surface area contributed by atoms with Crippen molar-refractivity contribution in [1.82, 2.24) is 9.80 Å². The molecule has 1 saturated heterocycles. The molecule has 3 aromatic carbocycles. The number of likely N-dealkylation sites (tertiary alicyclic amines) is 1. The number of rotatable bonds is 5. The highest BCUT2D eigenvalue weighted by Crippen LogP contribution is 2.34. The highest BCUT2D eigenvalue weighted by atomic mass is 35.5. The van der Waals surface area contributed by atoms with E-state index in [9.17, 15) is 18.0 Å². The summed E-state index contributed by atoms with van der Waals surface area (Å²) in [5, 5.41) is 9.62. The Bertz CT molecular complexity index is 1240. The van der Waals surface area contributed by atoms with Crippen molar-refractivity contribution in [3.8, 4) is 6.07 Å². The maximum Gasteiger partial charge on any atom is 0.416 e. The van der Waals surface area contributed by atoms with E-state index in [2.05, 4.69) is 4.90 Å². The minimum atomic E-state index is -4.38. The molecule has 0 bridgehead atoms. The van der Waals surface area contributed by atoms with Crippen LogP contribution in [-0.2, 0) is 12.7 Å². The Hall–Kier alpha value is -3.34. The van der Waals surface area contributed by atoms with Gasteiger partial charge in [-0.25, -0.2) is 0 Å². The largest absolute Gasteiger partial charge is 0.416 e. The second kappa shape index (κ2) is 10.1. The van der Waals surface area contributed by atoms with Crippen LogP contribution in [0.15, 0.2) is 72.8 Å². The number of alkyl halides is 3. The summed E-state index contributed by atoms with van der Waals surface area (Å²) in [6.45, 7) is 1.35. The van der Waals surface area contributed by atoms with Crippen molar-refractivity contribution in [3.63, 3.8) is 0 Å². The molecule has 0 N–H and O–H groups in total. The Kier molecular flexibility index (Phi) is 7.15. The zero-order chi connectivity index (χ0) is 25.2. The standard InChI is InChI=1S/C27H23ClF3N3O/c1-33(15-19-7-11-22(12-8-19)27(29,30)31)25-17-34(16-24(25)21-3-2-4-23(28)13-21)26(35)20-9-5-18(14-32)6-10-20/h2-13,24-25H,15-17H2,1H3. The van der Waals surface area contributed by atoms with E-state index in [1.54, 1.807) is 35.2 Å². The van der Waals surface area contributed by atoms with Crippen molar-refractivity contribution in [2.24, 2.45) is 0 Å². The summed E-state index contributed by atoms with van der Waals surface area (Å²) >= 11 is 6.24. The molecule has 1 aliphatic heterocycles. The third-order valence-electron chi connectivity index (χ3n) is 6.39. The van der Waals surface area contributed by atoms with Gasteiger partial charge < -0.3 is 4.90 Å². The van der Waals surface area contributed by atoms with Crippen molar-refractivity contribution in [3.05, 3.63) is 106 Å². The van der Waals surface area contributed by atoms with Crippen molar-refractivity contribution in [2.75, 3.05) is 20.1 Å². The van der Waals surface area contributed by atoms with Gasteiger partial charge in [0.2, 0.25) is 0 Å². The molecular formula is C27H23ClF3N3O. The summed E-state index contributed by atoms with van der Waals surface area (Å²) in [4.78, 5) is 17.1. The van der Waals surface area contributed by atoms with Crippen LogP contribution in [0.3, 0.4) is 0 Å². The van der Waals surface area contributed by atoms with E-state index in [1.165, 1.54) is 12.1 Å². The normalized spacial score (nSPS) is 18.0. The summed E-state index contributed by atoms with van der Waals surface area (Å²) in [5.74, 6) is -0.164. The molecule has 3 aromatic rings. The van der Waals surface area contributed by atoms with Crippen LogP contribution in [0, 0.1) is 11.3 Å². The zero-order valence-electron chi connectivity index (χ0n) is 19.0. The lowest BCUT2D eigenvalue weighted by Crippen LogP contribution is -2.38. The van der Waals surface area contributed by atoms with Crippen LogP contribution < -0.4 is 0 Å². The molecule has 0 aliphatic carbocycles. The molecule has 180 valence electrons. The third kappa shape index (κ3) is 5.67. The molecule has 8 heteroatoms. The Labute approximate surface area is 207 Å². The van der Waals surface area contributed by atoms with Gasteiger partial charge in [0.05, 0.1) is 17.2 Å². The molecule has 0 saturated carbocycles. The lowest BCUT2D eigenvalue weighted by atomic mass is 9.93. The van der Waals surface area contributed by atoms with E-state index < -0.39 is 11.7 Å². The van der Waals surface area contributed by atoms with Crippen molar-refractivity contribution in [2.45, 2.75) is 24.7 Å². The number of hydrogen-bond acceptors (Lipinski definition) is 3. The highest BCUT2D eigenvalue weighted by molar-refractivity contribution is 6.30. The third-order valence-corrected chi connectivity index (χ3v) is 6.63. The van der Waals surface area contributed by atoms with E-state index >= 15 is 0 Å². The lowest BCUT2D eigenvalue weighted by Gasteiger charge is -2.29. The second-order valence-corrected chi connectivity index (χ2v) is 9.17. The highest BCUT2D eigenvalue weighted by Gasteiger charge is 2.39. The van der Waals surface area contributed by atoms with Crippen molar-refractivity contribution in [1.29, 1.82) is 5.26 Å². The second-order valence-electron chi connectivity index (χ2n) is 8.74. The summed E-state index contributed by atoms with van der Waals surface area (Å²) in [6, 6.07) is 21.2. The summed E-state index contributed by atoms with van der Waals surface area (Å²) in [5.41, 5.74) is 2.05. The van der Waals surface area contributed by atoms with Crippen LogP contribution in [0.25, 0.3) is 0 Å². The number of halogens is 4. The number of nitrogens with zero attached hydrogens (tertiary/aromatic N) is 3. The molecule has 0 aromatic heterocycles. The SMILES string of the molecule is CN(Cc1ccc(C(F)(F)F)cc1)C1CN(C(=O)c2ccc(C#N)cc2)CC1c1cccc(Cl)c1. The topological polar surface area (TPSA) is 47.3 Å². The first kappa shape index (κ1) is 24.8. The van der Waals surface area contributed by atoms with Crippen LogP contribution in [-0.4, -0.2) is 41.9 Å². The summed E-state index contributed by atoms with van der Waals surface area (Å²) in [6.07, 6.45) is -4.38. The minimum absolute atomic E-state index is 0.0320. The van der Waals surface area contributed by atoms with Crippen LogP contribution in [0.5, 0.6) is 0 Å². The fourth-order valence-electron chi connectivity index (χ4n) is 4.54. The number of carbonyl (C=O) groups is 1. The smallest absolute Gasteiger partial charge is 0.336 e. The predicted molar refractivity (Wildman–Crippen MR) is 128 cm³/mol. The maximum atomic E-state index is 13.2. The summed E-state index contributed by atoms with van der Waals surface area (Å²) < 4.78 is 38.8. The van der Waals surface area contributed by atoms with Gasteiger partial charge in [0.25, 0.3) is 5.91 Å². The van der Waals surface area contributed by atoms with Gasteiger partial charge in [0.1, 0.15) is 0 Å². The van der Waals surface area contributed by atoms with Crippen molar-refractivity contribution >= 4 is 17.5 Å². The van der Waals surface area contributed by atoms with Crippen LogP contribution in [0.4, 0.5) is 13.2 Å². The number of nitriles is 1. The molecule has 1 fully saturated rings. The molecule has 0 radical (unpaired) electrons. The Morgan fingerprint density at radius 3 is 2.37 bits per heavy atom. The van der Waals surface area contributed by atoms with Gasteiger partial charge >= 0.3 is 6.18 Å². The molecule has 1 aliphatic rings. The Balaban J connectivity index is 1.57. The van der Waals surface area contributed by atoms with Gasteiger partial charge in [0, 0.05) is 42.2 Å². The maximum absolute atomic E-state index is 13.2. The minimum Gasteiger partial charge on any atom is -0.336 e. The first-order valence-electron chi connectivity index (χ1n) is 11.1. The fraction of sp³-hybridized carbons (Fsp3) is 0.259. The number of amides is 1. The van der Waals surface area contributed by atoms with Crippen LogP contribution >= 0.6 is 11.6 Å². The van der Waals surface area contributed by atoms with Gasteiger partial charge in [-0.3, -0.25) is 9.69 Å². The van der Waals surface area contributed by atoms with Gasteiger partial charge in [-0.15, -0.1) is 0 Å².